The van der Waals surface area contributed by atoms with E-state index in [2.05, 4.69) is 9.97 Å². The molecule has 0 aliphatic rings. The van der Waals surface area contributed by atoms with E-state index in [1.165, 1.54) is 0 Å². The normalized spacial score (nSPS) is 10.4. The fraction of sp³-hybridized carbons (Fsp3) is 0.250. The molecule has 86 valence electrons. The molecule has 8 heteroatoms. The lowest BCUT2D eigenvalue weighted by Gasteiger charge is -1.92. The summed E-state index contributed by atoms with van der Waals surface area (Å²) in [5.41, 5.74) is 0. The van der Waals surface area contributed by atoms with E-state index in [1.54, 1.807) is 58.5 Å². The van der Waals surface area contributed by atoms with Gasteiger partial charge in [-0.3, -0.25) is 0 Å². The van der Waals surface area contributed by atoms with Gasteiger partial charge in [0.05, 0.1) is 25.0 Å². The standard InChI is InChI=1S/C8H8N2O2S4/c1-11-5-3-13-7(9-5)15-16-8-10-6(12-2)4-14-8/h3-4H,1-2H3. The Morgan fingerprint density at radius 2 is 1.38 bits per heavy atom. The summed E-state index contributed by atoms with van der Waals surface area (Å²) in [5.74, 6) is 1.31. The molecule has 0 unspecified atom stereocenters. The van der Waals surface area contributed by atoms with Crippen molar-refractivity contribution < 1.29 is 9.47 Å². The first-order valence-electron chi connectivity index (χ1n) is 4.15. The van der Waals surface area contributed by atoms with Gasteiger partial charge in [-0.25, -0.2) is 0 Å². The van der Waals surface area contributed by atoms with E-state index in [1.807, 2.05) is 10.8 Å². The molecule has 0 aliphatic heterocycles. The Balaban J connectivity index is 1.91. The molecule has 0 aromatic carbocycles. The first-order chi connectivity index (χ1) is 7.81. The van der Waals surface area contributed by atoms with Crippen molar-refractivity contribution in [2.45, 2.75) is 8.68 Å². The fourth-order valence-corrected chi connectivity index (χ4v) is 4.78. The number of methoxy groups -OCH3 is 2. The summed E-state index contributed by atoms with van der Waals surface area (Å²) < 4.78 is 11.9. The van der Waals surface area contributed by atoms with Crippen molar-refractivity contribution in [3.05, 3.63) is 10.8 Å². The highest BCUT2D eigenvalue weighted by Crippen LogP contribution is 2.41. The second kappa shape index (κ2) is 5.76. The molecule has 4 nitrogen and oxygen atoms in total. The predicted octanol–water partition coefficient (Wildman–Crippen LogP) is 3.42. The maximum atomic E-state index is 5.01. The zero-order valence-corrected chi connectivity index (χ0v) is 11.8. The van der Waals surface area contributed by atoms with Gasteiger partial charge in [-0.2, -0.15) is 9.97 Å². The zero-order chi connectivity index (χ0) is 11.4. The fourth-order valence-electron chi connectivity index (χ4n) is 0.822. The Hall–Kier alpha value is -0.440. The second-order valence-electron chi connectivity index (χ2n) is 2.48. The van der Waals surface area contributed by atoms with Crippen LogP contribution in [0.4, 0.5) is 0 Å². The Labute approximate surface area is 109 Å². The quantitative estimate of drug-likeness (QED) is 0.787. The van der Waals surface area contributed by atoms with Crippen LogP contribution in [0, 0.1) is 0 Å². The summed E-state index contributed by atoms with van der Waals surface area (Å²) in [6, 6.07) is 0. The van der Waals surface area contributed by atoms with Crippen molar-refractivity contribution in [2.24, 2.45) is 0 Å². The van der Waals surface area contributed by atoms with Crippen LogP contribution in [0.15, 0.2) is 19.4 Å². The Morgan fingerprint density at radius 1 is 0.938 bits per heavy atom. The maximum Gasteiger partial charge on any atom is 0.225 e. The van der Waals surface area contributed by atoms with E-state index >= 15 is 0 Å². The van der Waals surface area contributed by atoms with Gasteiger partial charge < -0.3 is 9.47 Å². The van der Waals surface area contributed by atoms with Crippen LogP contribution >= 0.6 is 44.3 Å². The highest BCUT2D eigenvalue weighted by Gasteiger charge is 2.07. The lowest BCUT2D eigenvalue weighted by atomic mass is 10.9. The molecule has 0 bridgehead atoms. The van der Waals surface area contributed by atoms with Crippen LogP contribution < -0.4 is 9.47 Å². The van der Waals surface area contributed by atoms with Gasteiger partial charge in [-0.1, -0.05) is 0 Å². The zero-order valence-electron chi connectivity index (χ0n) is 8.50. The summed E-state index contributed by atoms with van der Waals surface area (Å²) in [4.78, 5) is 8.51. The first-order valence-corrected chi connectivity index (χ1v) is 8.06. The van der Waals surface area contributed by atoms with Gasteiger partial charge in [0.25, 0.3) is 0 Å². The highest BCUT2D eigenvalue weighted by molar-refractivity contribution is 8.77. The van der Waals surface area contributed by atoms with Gasteiger partial charge >= 0.3 is 0 Å². The van der Waals surface area contributed by atoms with Gasteiger partial charge in [-0.05, 0) is 21.6 Å². The van der Waals surface area contributed by atoms with Crippen LogP contribution in [0.25, 0.3) is 0 Å². The molecule has 2 aromatic rings. The van der Waals surface area contributed by atoms with Gasteiger partial charge in [0.1, 0.15) is 0 Å². The average molecular weight is 292 g/mol. The van der Waals surface area contributed by atoms with Gasteiger partial charge in [0, 0.05) is 0 Å². The Morgan fingerprint density at radius 3 is 1.69 bits per heavy atom. The molecule has 0 atom stereocenters. The van der Waals surface area contributed by atoms with Crippen LogP contribution in [-0.4, -0.2) is 24.2 Å². The van der Waals surface area contributed by atoms with E-state index < -0.39 is 0 Å². The van der Waals surface area contributed by atoms with E-state index in [0.717, 1.165) is 8.68 Å². The van der Waals surface area contributed by atoms with Crippen LogP contribution in [0.3, 0.4) is 0 Å². The van der Waals surface area contributed by atoms with Crippen molar-refractivity contribution >= 4 is 44.3 Å². The first kappa shape index (κ1) is 12.0. The molecular formula is C8H8N2O2S4. The van der Waals surface area contributed by atoms with E-state index in [0.29, 0.717) is 11.8 Å². The summed E-state index contributed by atoms with van der Waals surface area (Å²) in [6.07, 6.45) is 0. The van der Waals surface area contributed by atoms with Gasteiger partial charge in [0.15, 0.2) is 8.68 Å². The minimum Gasteiger partial charge on any atom is -0.480 e. The van der Waals surface area contributed by atoms with Crippen LogP contribution in [0.2, 0.25) is 0 Å². The third-order valence-corrected chi connectivity index (χ3v) is 6.21. The molecule has 0 saturated heterocycles. The molecule has 0 amide bonds. The van der Waals surface area contributed by atoms with Crippen LogP contribution in [-0.2, 0) is 0 Å². The SMILES string of the molecule is COc1csc(SSc2nc(OC)cs2)n1. The smallest absolute Gasteiger partial charge is 0.225 e. The molecular weight excluding hydrogens is 284 g/mol. The topological polar surface area (TPSA) is 44.2 Å². The van der Waals surface area contributed by atoms with Crippen LogP contribution in [0.5, 0.6) is 11.8 Å². The number of hydrogen-bond donors (Lipinski definition) is 0. The third kappa shape index (κ3) is 3.03. The molecule has 2 aromatic heterocycles. The minimum atomic E-state index is 0.657. The lowest BCUT2D eigenvalue weighted by molar-refractivity contribution is 0.398. The molecule has 0 aliphatic carbocycles. The monoisotopic (exact) mass is 292 g/mol. The summed E-state index contributed by atoms with van der Waals surface area (Å²) in [6.45, 7) is 0. The van der Waals surface area contributed by atoms with Gasteiger partial charge in [0.2, 0.25) is 11.8 Å². The molecule has 0 spiro atoms. The lowest BCUT2D eigenvalue weighted by Crippen LogP contribution is -1.80. The number of aromatic nitrogens is 2. The maximum absolute atomic E-state index is 5.01. The number of ether oxygens (including phenoxy) is 2. The molecule has 0 fully saturated rings. The van der Waals surface area contributed by atoms with Crippen molar-refractivity contribution in [1.82, 2.24) is 9.97 Å². The number of nitrogens with zero attached hydrogens (tertiary/aromatic N) is 2. The van der Waals surface area contributed by atoms with Crippen LogP contribution in [0.1, 0.15) is 0 Å². The molecule has 0 radical (unpaired) electrons. The van der Waals surface area contributed by atoms with Crippen molar-refractivity contribution in [3.63, 3.8) is 0 Å². The van der Waals surface area contributed by atoms with E-state index in [-0.39, 0.29) is 0 Å². The van der Waals surface area contributed by atoms with Crippen molar-refractivity contribution in [1.29, 1.82) is 0 Å². The van der Waals surface area contributed by atoms with E-state index in [4.69, 9.17) is 9.47 Å². The number of thiazole rings is 2. The Bertz CT molecular complexity index is 414. The third-order valence-electron chi connectivity index (χ3n) is 1.53. The van der Waals surface area contributed by atoms with E-state index in [9.17, 15) is 0 Å². The van der Waals surface area contributed by atoms with Gasteiger partial charge in [-0.15, -0.1) is 22.7 Å². The number of hydrogen-bond acceptors (Lipinski definition) is 8. The molecule has 0 saturated carbocycles. The summed E-state index contributed by atoms with van der Waals surface area (Å²) in [5, 5.41) is 3.76. The molecule has 16 heavy (non-hydrogen) atoms. The summed E-state index contributed by atoms with van der Waals surface area (Å²) >= 11 is 3.12. The molecule has 0 N–H and O–H groups in total. The molecule has 2 heterocycles. The second-order valence-corrected chi connectivity index (χ2v) is 6.82. The molecule has 2 rings (SSSR count). The van der Waals surface area contributed by atoms with Crippen molar-refractivity contribution in [3.8, 4) is 11.8 Å². The largest absolute Gasteiger partial charge is 0.480 e. The minimum absolute atomic E-state index is 0.657. The van der Waals surface area contributed by atoms with Crippen molar-refractivity contribution in [2.75, 3.05) is 14.2 Å². The summed E-state index contributed by atoms with van der Waals surface area (Å²) in [7, 11) is 6.37. The number of rotatable bonds is 5. The predicted molar refractivity (Wildman–Crippen MR) is 69.0 cm³/mol. The highest BCUT2D eigenvalue weighted by atomic mass is 33.1. The Kier molecular flexibility index (Phi) is 4.33. The average Bonchev–Trinajstić information content (AvgIpc) is 2.95.